The largest absolute Gasteiger partial charge is 0.472 e. The lowest BCUT2D eigenvalue weighted by Gasteiger charge is -2.15. The van der Waals surface area contributed by atoms with Gasteiger partial charge in [0.1, 0.15) is 5.01 Å². The molecule has 0 saturated heterocycles. The van der Waals surface area contributed by atoms with Crippen molar-refractivity contribution in [2.45, 2.75) is 39.2 Å². The zero-order valence-corrected chi connectivity index (χ0v) is 13.2. The van der Waals surface area contributed by atoms with E-state index in [1.807, 2.05) is 6.07 Å². The molecule has 0 saturated carbocycles. The highest BCUT2D eigenvalue weighted by atomic mass is 32.1. The Bertz CT molecular complexity index is 553. The number of hydrogen-bond acceptors (Lipinski definition) is 5. The van der Waals surface area contributed by atoms with Crippen LogP contribution in [-0.2, 0) is 13.0 Å². The number of nitrogens with one attached hydrogen (secondary N) is 1. The maximum atomic E-state index is 12.0. The average molecular weight is 308 g/mol. The second-order valence-electron chi connectivity index (χ2n) is 4.88. The van der Waals surface area contributed by atoms with Crippen molar-refractivity contribution in [3.8, 4) is 0 Å². The van der Waals surface area contributed by atoms with Crippen molar-refractivity contribution < 1.29 is 9.21 Å². The highest BCUT2D eigenvalue weighted by molar-refractivity contribution is 7.15. The van der Waals surface area contributed by atoms with Gasteiger partial charge < -0.3 is 9.32 Å². The maximum absolute atomic E-state index is 12.0. The minimum Gasteiger partial charge on any atom is -0.472 e. The summed E-state index contributed by atoms with van der Waals surface area (Å²) < 4.78 is 4.98. The first-order valence-electron chi connectivity index (χ1n) is 7.04. The van der Waals surface area contributed by atoms with Crippen molar-refractivity contribution in [2.24, 2.45) is 0 Å². The molecular formula is C14H20N4O2S. The lowest BCUT2D eigenvalue weighted by Crippen LogP contribution is -2.30. The third kappa shape index (κ3) is 4.86. The SMILES string of the molecule is CCCCCc1nnc(NC(=O)N(C)Cc2ccoc2)s1. The Morgan fingerprint density at radius 3 is 3.00 bits per heavy atom. The smallest absolute Gasteiger partial charge is 0.323 e. The van der Waals surface area contributed by atoms with Crippen LogP contribution in [0.3, 0.4) is 0 Å². The number of aryl methyl sites for hydroxylation is 1. The van der Waals surface area contributed by atoms with Gasteiger partial charge >= 0.3 is 6.03 Å². The maximum Gasteiger partial charge on any atom is 0.323 e. The van der Waals surface area contributed by atoms with Gasteiger partial charge in [-0.3, -0.25) is 5.32 Å². The summed E-state index contributed by atoms with van der Waals surface area (Å²) in [6.07, 6.45) is 7.62. The van der Waals surface area contributed by atoms with E-state index >= 15 is 0 Å². The Kier molecular flexibility index (Phi) is 5.74. The number of hydrogen-bond donors (Lipinski definition) is 1. The van der Waals surface area contributed by atoms with Crippen LogP contribution in [0.25, 0.3) is 0 Å². The molecule has 1 N–H and O–H groups in total. The Morgan fingerprint density at radius 2 is 2.29 bits per heavy atom. The summed E-state index contributed by atoms with van der Waals surface area (Å²) >= 11 is 1.44. The molecule has 0 bridgehead atoms. The van der Waals surface area contributed by atoms with Crippen molar-refractivity contribution in [3.05, 3.63) is 29.2 Å². The monoisotopic (exact) mass is 308 g/mol. The van der Waals surface area contributed by atoms with E-state index in [0.29, 0.717) is 11.7 Å². The number of aromatic nitrogens is 2. The second kappa shape index (κ2) is 7.78. The third-order valence-electron chi connectivity index (χ3n) is 3.02. The lowest BCUT2D eigenvalue weighted by atomic mass is 10.2. The van der Waals surface area contributed by atoms with Crippen molar-refractivity contribution in [1.82, 2.24) is 15.1 Å². The summed E-state index contributed by atoms with van der Waals surface area (Å²) in [4.78, 5) is 13.6. The van der Waals surface area contributed by atoms with E-state index in [4.69, 9.17) is 4.42 Å². The summed E-state index contributed by atoms with van der Waals surface area (Å²) in [7, 11) is 1.73. The molecule has 0 aromatic carbocycles. The normalized spacial score (nSPS) is 10.6. The van der Waals surface area contributed by atoms with E-state index in [1.54, 1.807) is 24.5 Å². The zero-order chi connectivity index (χ0) is 15.1. The number of unbranched alkanes of at least 4 members (excludes halogenated alkanes) is 2. The minimum atomic E-state index is -0.201. The first-order chi connectivity index (χ1) is 10.2. The molecule has 114 valence electrons. The molecule has 0 aliphatic carbocycles. The molecule has 2 amide bonds. The van der Waals surface area contributed by atoms with Gasteiger partial charge in [-0.05, 0) is 12.5 Å². The number of carbonyl (C=O) groups is 1. The Balaban J connectivity index is 1.81. The van der Waals surface area contributed by atoms with Crippen LogP contribution in [0, 0.1) is 0 Å². The Hall–Kier alpha value is -1.89. The standard InChI is InChI=1S/C14H20N4O2S/c1-3-4-5-6-12-16-17-13(21-12)15-14(19)18(2)9-11-7-8-20-10-11/h7-8,10H,3-6,9H2,1-2H3,(H,15,17,19). The van der Waals surface area contributed by atoms with Crippen LogP contribution < -0.4 is 5.32 Å². The van der Waals surface area contributed by atoms with Gasteiger partial charge in [-0.15, -0.1) is 10.2 Å². The van der Waals surface area contributed by atoms with E-state index in [-0.39, 0.29) is 6.03 Å². The summed E-state index contributed by atoms with van der Waals surface area (Å²) in [5.74, 6) is 0. The molecule has 21 heavy (non-hydrogen) atoms. The van der Waals surface area contributed by atoms with Crippen LogP contribution >= 0.6 is 11.3 Å². The van der Waals surface area contributed by atoms with Gasteiger partial charge in [-0.1, -0.05) is 31.1 Å². The van der Waals surface area contributed by atoms with Crippen molar-refractivity contribution in [1.29, 1.82) is 0 Å². The number of rotatable bonds is 7. The molecule has 0 unspecified atom stereocenters. The average Bonchev–Trinajstić information content (AvgIpc) is 3.11. The van der Waals surface area contributed by atoms with Gasteiger partial charge in [0.15, 0.2) is 0 Å². The van der Waals surface area contributed by atoms with E-state index in [0.717, 1.165) is 23.4 Å². The molecule has 0 radical (unpaired) electrons. The van der Waals surface area contributed by atoms with E-state index < -0.39 is 0 Å². The fourth-order valence-electron chi connectivity index (χ4n) is 1.85. The van der Waals surface area contributed by atoms with E-state index in [1.165, 1.54) is 24.2 Å². The fourth-order valence-corrected chi connectivity index (χ4v) is 2.62. The molecule has 0 aliphatic rings. The van der Waals surface area contributed by atoms with Gasteiger partial charge in [-0.2, -0.15) is 0 Å². The molecule has 0 atom stereocenters. The number of furan rings is 1. The van der Waals surface area contributed by atoms with Gasteiger partial charge in [0.2, 0.25) is 5.13 Å². The second-order valence-corrected chi connectivity index (χ2v) is 5.94. The van der Waals surface area contributed by atoms with Crippen LogP contribution in [0.1, 0.15) is 36.8 Å². The fraction of sp³-hybridized carbons (Fsp3) is 0.500. The van der Waals surface area contributed by atoms with Crippen LogP contribution in [0.5, 0.6) is 0 Å². The number of amides is 2. The first kappa shape index (κ1) is 15.5. The third-order valence-corrected chi connectivity index (χ3v) is 3.92. The lowest BCUT2D eigenvalue weighted by molar-refractivity contribution is 0.220. The van der Waals surface area contributed by atoms with Crippen LogP contribution in [0.2, 0.25) is 0 Å². The highest BCUT2D eigenvalue weighted by Crippen LogP contribution is 2.18. The quantitative estimate of drug-likeness (QED) is 0.794. The Morgan fingerprint density at radius 1 is 1.43 bits per heavy atom. The molecular weight excluding hydrogens is 288 g/mol. The molecule has 7 heteroatoms. The molecule has 0 fully saturated rings. The predicted molar refractivity (Wildman–Crippen MR) is 82.3 cm³/mol. The van der Waals surface area contributed by atoms with E-state index in [2.05, 4.69) is 22.4 Å². The van der Waals surface area contributed by atoms with Crippen molar-refractivity contribution in [3.63, 3.8) is 0 Å². The Labute approximate surface area is 128 Å². The number of anilines is 1. The molecule has 2 heterocycles. The number of nitrogens with zero attached hydrogens (tertiary/aromatic N) is 3. The molecule has 2 aromatic heterocycles. The summed E-state index contributed by atoms with van der Waals surface area (Å²) in [6.45, 7) is 2.66. The van der Waals surface area contributed by atoms with Crippen LogP contribution in [0.4, 0.5) is 9.93 Å². The van der Waals surface area contributed by atoms with Crippen molar-refractivity contribution in [2.75, 3.05) is 12.4 Å². The first-order valence-corrected chi connectivity index (χ1v) is 7.86. The topological polar surface area (TPSA) is 71.3 Å². The summed E-state index contributed by atoms with van der Waals surface area (Å²) in [5.41, 5.74) is 0.949. The molecule has 2 aromatic rings. The highest BCUT2D eigenvalue weighted by Gasteiger charge is 2.12. The number of urea groups is 1. The zero-order valence-electron chi connectivity index (χ0n) is 12.3. The van der Waals surface area contributed by atoms with Crippen LogP contribution in [-0.4, -0.2) is 28.2 Å². The molecule has 6 nitrogen and oxygen atoms in total. The van der Waals surface area contributed by atoms with Gasteiger partial charge in [0, 0.05) is 19.0 Å². The minimum absolute atomic E-state index is 0.201. The predicted octanol–water partition coefficient (Wildman–Crippen LogP) is 3.53. The van der Waals surface area contributed by atoms with Gasteiger partial charge in [-0.25, -0.2) is 4.79 Å². The molecule has 0 aliphatic heterocycles. The molecule has 2 rings (SSSR count). The van der Waals surface area contributed by atoms with E-state index in [9.17, 15) is 4.79 Å². The summed E-state index contributed by atoms with van der Waals surface area (Å²) in [5, 5.41) is 12.4. The summed E-state index contributed by atoms with van der Waals surface area (Å²) in [6, 6.07) is 1.63. The van der Waals surface area contributed by atoms with Crippen molar-refractivity contribution >= 4 is 22.5 Å². The molecule has 0 spiro atoms. The van der Waals surface area contributed by atoms with Crippen LogP contribution in [0.15, 0.2) is 23.0 Å². The van der Waals surface area contributed by atoms with Gasteiger partial charge in [0.25, 0.3) is 0 Å². The number of carbonyl (C=O) groups excluding carboxylic acids is 1. The van der Waals surface area contributed by atoms with Gasteiger partial charge in [0.05, 0.1) is 19.1 Å².